The van der Waals surface area contributed by atoms with Crippen LogP contribution in [0.3, 0.4) is 0 Å². The Labute approximate surface area is 142 Å². The third-order valence-corrected chi connectivity index (χ3v) is 4.53. The van der Waals surface area contributed by atoms with E-state index in [1.807, 2.05) is 0 Å². The number of rotatable bonds is 7. The number of sulfonamides is 1. The Kier molecular flexibility index (Phi) is 6.15. The zero-order valence-corrected chi connectivity index (χ0v) is 13.7. The van der Waals surface area contributed by atoms with Gasteiger partial charge in [0, 0.05) is 6.54 Å². The number of benzene rings is 2. The summed E-state index contributed by atoms with van der Waals surface area (Å²) in [5.74, 6) is -0.661. The Morgan fingerprint density at radius 3 is 2.24 bits per heavy atom. The van der Waals surface area contributed by atoms with E-state index in [4.69, 9.17) is 0 Å². The molecule has 0 fully saturated rings. The van der Waals surface area contributed by atoms with Gasteiger partial charge in [0.2, 0.25) is 10.0 Å². The van der Waals surface area contributed by atoms with E-state index < -0.39 is 28.6 Å². The lowest BCUT2D eigenvalue weighted by Crippen LogP contribution is -2.23. The first-order valence-electron chi connectivity index (χ1n) is 7.13. The summed E-state index contributed by atoms with van der Waals surface area (Å²) in [6.07, 6.45) is -4.38. The molecule has 0 atom stereocenters. The van der Waals surface area contributed by atoms with Crippen molar-refractivity contribution in [3.05, 3.63) is 65.5 Å². The highest BCUT2D eigenvalue weighted by atomic mass is 32.2. The van der Waals surface area contributed by atoms with Crippen LogP contribution in [0.15, 0.2) is 53.4 Å². The van der Waals surface area contributed by atoms with Crippen molar-refractivity contribution in [1.29, 1.82) is 0 Å². The van der Waals surface area contributed by atoms with Crippen LogP contribution in [-0.2, 0) is 27.9 Å². The Hall–Kier alpha value is -1.97. The number of ether oxygens (including phenoxy) is 1. The molecule has 0 saturated carbocycles. The predicted molar refractivity (Wildman–Crippen MR) is 82.6 cm³/mol. The van der Waals surface area contributed by atoms with Crippen LogP contribution in [0, 0.1) is 5.82 Å². The van der Waals surface area contributed by atoms with Crippen LogP contribution in [0.1, 0.15) is 11.1 Å². The third-order valence-electron chi connectivity index (χ3n) is 3.13. The number of nitrogens with one attached hydrogen (secondary N) is 1. The van der Waals surface area contributed by atoms with E-state index in [0.29, 0.717) is 11.1 Å². The minimum Gasteiger partial charge on any atom is -0.367 e. The van der Waals surface area contributed by atoms with Crippen molar-refractivity contribution in [3.63, 3.8) is 0 Å². The van der Waals surface area contributed by atoms with Crippen molar-refractivity contribution >= 4 is 10.0 Å². The standard InChI is InChI=1S/C16H15F4NO3S/c17-14-2-1-3-15(8-14)25(22,23)21-9-12-4-6-13(7-5-12)10-24-11-16(18,19)20/h1-8,21H,9-11H2. The molecule has 9 heteroatoms. The quantitative estimate of drug-likeness (QED) is 0.753. The number of hydrogen-bond donors (Lipinski definition) is 1. The van der Waals surface area contributed by atoms with Crippen molar-refractivity contribution in [2.45, 2.75) is 24.2 Å². The van der Waals surface area contributed by atoms with Crippen LogP contribution in [0.5, 0.6) is 0 Å². The van der Waals surface area contributed by atoms with E-state index in [9.17, 15) is 26.0 Å². The molecule has 0 aliphatic heterocycles. The van der Waals surface area contributed by atoms with Gasteiger partial charge < -0.3 is 4.74 Å². The largest absolute Gasteiger partial charge is 0.411 e. The van der Waals surface area contributed by atoms with Crippen molar-refractivity contribution < 1.29 is 30.7 Å². The maximum atomic E-state index is 13.1. The molecule has 0 bridgehead atoms. The Balaban J connectivity index is 1.91. The van der Waals surface area contributed by atoms with Crippen molar-refractivity contribution in [1.82, 2.24) is 4.72 Å². The second-order valence-corrected chi connectivity index (χ2v) is 6.97. The molecule has 2 aromatic rings. The van der Waals surface area contributed by atoms with Gasteiger partial charge in [-0.05, 0) is 29.3 Å². The zero-order chi connectivity index (χ0) is 18.5. The van der Waals surface area contributed by atoms with Gasteiger partial charge in [-0.2, -0.15) is 13.2 Å². The summed E-state index contributed by atoms with van der Waals surface area (Å²) >= 11 is 0. The minimum absolute atomic E-state index is 0.0392. The van der Waals surface area contributed by atoms with Gasteiger partial charge >= 0.3 is 6.18 Å². The normalized spacial score (nSPS) is 12.3. The minimum atomic E-state index is -4.38. The van der Waals surface area contributed by atoms with Gasteiger partial charge in [-0.1, -0.05) is 30.3 Å². The predicted octanol–water partition coefficient (Wildman–Crippen LogP) is 3.38. The summed E-state index contributed by atoms with van der Waals surface area (Å²) in [5.41, 5.74) is 1.13. The van der Waals surface area contributed by atoms with Crippen molar-refractivity contribution in [2.24, 2.45) is 0 Å². The maximum absolute atomic E-state index is 13.1. The number of hydrogen-bond acceptors (Lipinski definition) is 3. The molecule has 1 N–H and O–H groups in total. The molecular formula is C16H15F4NO3S. The molecular weight excluding hydrogens is 362 g/mol. The van der Waals surface area contributed by atoms with Gasteiger partial charge in [0.25, 0.3) is 0 Å². The molecule has 4 nitrogen and oxygen atoms in total. The summed E-state index contributed by atoms with van der Waals surface area (Å²) in [7, 11) is -3.86. The second-order valence-electron chi connectivity index (χ2n) is 5.21. The first kappa shape index (κ1) is 19.4. The fourth-order valence-electron chi connectivity index (χ4n) is 1.93. The molecule has 0 aliphatic rings. The Morgan fingerprint density at radius 1 is 1.00 bits per heavy atom. The SMILES string of the molecule is O=S(=O)(NCc1ccc(COCC(F)(F)F)cc1)c1cccc(F)c1. The topological polar surface area (TPSA) is 55.4 Å². The summed E-state index contributed by atoms with van der Waals surface area (Å²) < 4.78 is 80.0. The summed E-state index contributed by atoms with van der Waals surface area (Å²) in [6.45, 7) is -1.57. The molecule has 0 saturated heterocycles. The molecule has 0 aromatic heterocycles. The second kappa shape index (κ2) is 7.94. The van der Waals surface area contributed by atoms with Gasteiger partial charge in [0.05, 0.1) is 11.5 Å². The van der Waals surface area contributed by atoms with Gasteiger partial charge in [-0.3, -0.25) is 0 Å². The van der Waals surface area contributed by atoms with Gasteiger partial charge in [0.15, 0.2) is 0 Å². The van der Waals surface area contributed by atoms with Crippen LogP contribution < -0.4 is 4.72 Å². The van der Waals surface area contributed by atoms with E-state index in [0.717, 1.165) is 12.1 Å². The first-order chi connectivity index (χ1) is 11.7. The van der Waals surface area contributed by atoms with E-state index in [1.165, 1.54) is 12.1 Å². The van der Waals surface area contributed by atoms with E-state index in [-0.39, 0.29) is 18.0 Å². The zero-order valence-electron chi connectivity index (χ0n) is 12.9. The highest BCUT2D eigenvalue weighted by molar-refractivity contribution is 7.89. The summed E-state index contributed by atoms with van der Waals surface area (Å²) in [4.78, 5) is -0.190. The first-order valence-corrected chi connectivity index (χ1v) is 8.61. The lowest BCUT2D eigenvalue weighted by atomic mass is 10.1. The Bertz CT molecular complexity index is 805. The lowest BCUT2D eigenvalue weighted by Gasteiger charge is -2.09. The van der Waals surface area contributed by atoms with Crippen LogP contribution in [-0.4, -0.2) is 21.2 Å². The average molecular weight is 377 g/mol. The summed E-state index contributed by atoms with van der Waals surface area (Å²) in [6, 6.07) is 10.8. The molecule has 2 rings (SSSR count). The Morgan fingerprint density at radius 2 is 1.64 bits per heavy atom. The maximum Gasteiger partial charge on any atom is 0.411 e. The smallest absolute Gasteiger partial charge is 0.367 e. The van der Waals surface area contributed by atoms with Gasteiger partial charge in [-0.15, -0.1) is 0 Å². The van der Waals surface area contributed by atoms with Crippen molar-refractivity contribution in [3.8, 4) is 0 Å². The highest BCUT2D eigenvalue weighted by Gasteiger charge is 2.27. The molecule has 0 aliphatic carbocycles. The fourth-order valence-corrected chi connectivity index (χ4v) is 2.98. The van der Waals surface area contributed by atoms with Crippen LogP contribution in [0.4, 0.5) is 17.6 Å². The molecule has 0 unspecified atom stereocenters. The number of halogens is 4. The van der Waals surface area contributed by atoms with Gasteiger partial charge in [-0.25, -0.2) is 17.5 Å². The monoisotopic (exact) mass is 377 g/mol. The molecule has 0 amide bonds. The van der Waals surface area contributed by atoms with Crippen LogP contribution in [0.25, 0.3) is 0 Å². The van der Waals surface area contributed by atoms with Crippen LogP contribution >= 0.6 is 0 Å². The lowest BCUT2D eigenvalue weighted by molar-refractivity contribution is -0.176. The molecule has 25 heavy (non-hydrogen) atoms. The fraction of sp³-hybridized carbons (Fsp3) is 0.250. The molecule has 0 spiro atoms. The van der Waals surface area contributed by atoms with Gasteiger partial charge in [0.1, 0.15) is 12.4 Å². The number of alkyl halides is 3. The highest BCUT2D eigenvalue weighted by Crippen LogP contribution is 2.16. The third kappa shape index (κ3) is 6.45. The molecule has 2 aromatic carbocycles. The van der Waals surface area contributed by atoms with Crippen LogP contribution in [0.2, 0.25) is 0 Å². The molecule has 0 heterocycles. The summed E-state index contributed by atoms with van der Waals surface area (Å²) in [5, 5.41) is 0. The van der Waals surface area contributed by atoms with Crippen molar-refractivity contribution in [2.75, 3.05) is 6.61 Å². The van der Waals surface area contributed by atoms with E-state index in [1.54, 1.807) is 24.3 Å². The average Bonchev–Trinajstić information content (AvgIpc) is 2.53. The molecule has 0 radical (unpaired) electrons. The van der Waals surface area contributed by atoms with E-state index in [2.05, 4.69) is 9.46 Å². The molecule has 136 valence electrons. The van der Waals surface area contributed by atoms with E-state index >= 15 is 0 Å².